The summed E-state index contributed by atoms with van der Waals surface area (Å²) in [6.45, 7) is 0. The molecule has 0 aromatic carbocycles. The number of amides is 1. The molecule has 0 saturated heterocycles. The van der Waals surface area contributed by atoms with Crippen LogP contribution in [-0.2, 0) is 4.79 Å². The molecule has 0 radical (unpaired) electrons. The third-order valence-electron chi connectivity index (χ3n) is 0.646. The van der Waals surface area contributed by atoms with Crippen LogP contribution in [-0.4, -0.2) is 24.9 Å². The van der Waals surface area contributed by atoms with Crippen LogP contribution in [0, 0.1) is 0 Å². The van der Waals surface area contributed by atoms with Gasteiger partial charge >= 0.3 is 0 Å². The lowest BCUT2D eigenvalue weighted by Crippen LogP contribution is -2.18. The predicted octanol–water partition coefficient (Wildman–Crippen LogP) is 0.827. The second-order valence-corrected chi connectivity index (χ2v) is 1.78. The quantitative estimate of drug-likeness (QED) is 0.485. The molecule has 0 spiro atoms. The lowest BCUT2D eigenvalue weighted by molar-refractivity contribution is -0.123. The van der Waals surface area contributed by atoms with Gasteiger partial charge in [-0.2, -0.15) is 0 Å². The molecule has 0 saturated carbocycles. The van der Waals surface area contributed by atoms with E-state index in [-0.39, 0.29) is 5.91 Å². The molecular formula is C5H8ClNO. The van der Waals surface area contributed by atoms with Crippen LogP contribution in [0.15, 0.2) is 11.6 Å². The van der Waals surface area contributed by atoms with E-state index in [0.29, 0.717) is 0 Å². The lowest BCUT2D eigenvalue weighted by Gasteiger charge is -2.03. The molecule has 0 aliphatic carbocycles. The first-order chi connectivity index (χ1) is 3.68. The molecule has 8 heavy (non-hydrogen) atoms. The van der Waals surface area contributed by atoms with Crippen molar-refractivity contribution in [2.75, 3.05) is 14.1 Å². The van der Waals surface area contributed by atoms with Gasteiger partial charge in [-0.1, -0.05) is 11.6 Å². The van der Waals surface area contributed by atoms with Crippen molar-refractivity contribution in [2.24, 2.45) is 0 Å². The van der Waals surface area contributed by atoms with Gasteiger partial charge in [0, 0.05) is 25.7 Å². The van der Waals surface area contributed by atoms with Crippen molar-refractivity contribution in [3.63, 3.8) is 0 Å². The summed E-state index contributed by atoms with van der Waals surface area (Å²) in [7, 11) is 3.33. The third-order valence-corrected chi connectivity index (χ3v) is 0.772. The first-order valence-electron chi connectivity index (χ1n) is 2.16. The Morgan fingerprint density at radius 2 is 2.12 bits per heavy atom. The Morgan fingerprint density at radius 1 is 1.62 bits per heavy atom. The van der Waals surface area contributed by atoms with Gasteiger partial charge in [0.05, 0.1) is 0 Å². The van der Waals surface area contributed by atoms with E-state index in [2.05, 4.69) is 0 Å². The monoisotopic (exact) mass is 133 g/mol. The summed E-state index contributed by atoms with van der Waals surface area (Å²) in [5.74, 6) is -0.0972. The summed E-state index contributed by atoms with van der Waals surface area (Å²) in [5.41, 5.74) is 1.20. The summed E-state index contributed by atoms with van der Waals surface area (Å²) in [4.78, 5) is 11.9. The molecule has 0 fully saturated rings. The van der Waals surface area contributed by atoms with Gasteiger partial charge in [-0.05, 0) is 0 Å². The topological polar surface area (TPSA) is 20.3 Å². The Hall–Kier alpha value is -0.500. The zero-order chi connectivity index (χ0) is 6.57. The van der Waals surface area contributed by atoms with Crippen molar-refractivity contribution in [1.82, 2.24) is 4.90 Å². The molecule has 1 amide bonds. The van der Waals surface area contributed by atoms with Crippen molar-refractivity contribution in [3.05, 3.63) is 11.6 Å². The minimum absolute atomic E-state index is 0.0972. The molecule has 0 heterocycles. The van der Waals surface area contributed by atoms with Crippen molar-refractivity contribution >= 4 is 17.5 Å². The molecule has 3 heteroatoms. The smallest absolute Gasteiger partial charge is 0.246 e. The van der Waals surface area contributed by atoms with E-state index >= 15 is 0 Å². The predicted molar refractivity (Wildman–Crippen MR) is 33.7 cm³/mol. The Morgan fingerprint density at radius 3 is 2.25 bits per heavy atom. The van der Waals surface area contributed by atoms with Crippen molar-refractivity contribution in [1.29, 1.82) is 0 Å². The number of hydrogen-bond donors (Lipinski definition) is 0. The fourth-order valence-corrected chi connectivity index (χ4v) is 0.311. The van der Waals surface area contributed by atoms with Gasteiger partial charge < -0.3 is 4.90 Å². The highest BCUT2D eigenvalue weighted by Crippen LogP contribution is 1.82. The Labute approximate surface area is 53.7 Å². The van der Waals surface area contributed by atoms with Crippen LogP contribution >= 0.6 is 11.6 Å². The molecule has 0 atom stereocenters. The first-order valence-corrected chi connectivity index (χ1v) is 2.60. The first kappa shape index (κ1) is 7.50. The summed E-state index contributed by atoms with van der Waals surface area (Å²) in [6, 6.07) is 0. The second kappa shape index (κ2) is 3.50. The Balaban J connectivity index is 3.66. The molecule has 0 aromatic heterocycles. The van der Waals surface area contributed by atoms with Crippen LogP contribution in [0.1, 0.15) is 0 Å². The summed E-state index contributed by atoms with van der Waals surface area (Å²) >= 11 is 5.11. The number of halogens is 1. The minimum Gasteiger partial charge on any atom is -0.345 e. The highest BCUT2D eigenvalue weighted by atomic mass is 35.5. The zero-order valence-corrected chi connectivity index (χ0v) is 5.64. The van der Waals surface area contributed by atoms with Gasteiger partial charge in [-0.15, -0.1) is 0 Å². The second-order valence-electron chi connectivity index (χ2n) is 1.53. The van der Waals surface area contributed by atoms with E-state index in [1.165, 1.54) is 16.5 Å². The maximum atomic E-state index is 10.5. The number of carbonyl (C=O) groups is 1. The van der Waals surface area contributed by atoms with Crippen molar-refractivity contribution in [3.8, 4) is 0 Å². The average Bonchev–Trinajstić information content (AvgIpc) is 1.67. The van der Waals surface area contributed by atoms with Gasteiger partial charge in [-0.3, -0.25) is 4.79 Å². The number of carbonyl (C=O) groups excluding carboxylic acids is 1. The van der Waals surface area contributed by atoms with Gasteiger partial charge in [0.25, 0.3) is 0 Å². The molecule has 2 nitrogen and oxygen atoms in total. The number of rotatable bonds is 1. The molecule has 0 rings (SSSR count). The molecule has 0 aliphatic rings. The van der Waals surface area contributed by atoms with Gasteiger partial charge in [0.15, 0.2) is 0 Å². The van der Waals surface area contributed by atoms with Crippen molar-refractivity contribution < 1.29 is 4.79 Å². The van der Waals surface area contributed by atoms with Crippen LogP contribution in [0.25, 0.3) is 0 Å². The number of nitrogens with zero attached hydrogens (tertiary/aromatic N) is 1. The van der Waals surface area contributed by atoms with E-state index in [1.54, 1.807) is 14.1 Å². The molecule has 0 aliphatic heterocycles. The maximum absolute atomic E-state index is 10.5. The van der Waals surface area contributed by atoms with Crippen LogP contribution in [0.3, 0.4) is 0 Å². The lowest BCUT2D eigenvalue weighted by atomic mass is 10.5. The Kier molecular flexibility index (Phi) is 3.28. The zero-order valence-electron chi connectivity index (χ0n) is 4.89. The minimum atomic E-state index is -0.0972. The molecule has 0 unspecified atom stereocenters. The standard InChI is InChI=1S/C5H8ClNO/c1-7(2)5(8)3-4-6/h3-4H,1-2H3. The highest BCUT2D eigenvalue weighted by Gasteiger charge is 1.93. The van der Waals surface area contributed by atoms with Crippen LogP contribution in [0.4, 0.5) is 0 Å². The van der Waals surface area contributed by atoms with E-state index < -0.39 is 0 Å². The molecule has 0 N–H and O–H groups in total. The average molecular weight is 134 g/mol. The van der Waals surface area contributed by atoms with Crippen LogP contribution in [0.5, 0.6) is 0 Å². The van der Waals surface area contributed by atoms with Crippen LogP contribution < -0.4 is 0 Å². The summed E-state index contributed by atoms with van der Waals surface area (Å²) < 4.78 is 0. The largest absolute Gasteiger partial charge is 0.345 e. The van der Waals surface area contributed by atoms with Gasteiger partial charge in [-0.25, -0.2) is 0 Å². The summed E-state index contributed by atoms with van der Waals surface area (Å²) in [5, 5.41) is 0. The van der Waals surface area contributed by atoms with E-state index in [4.69, 9.17) is 11.6 Å². The number of hydrogen-bond acceptors (Lipinski definition) is 1. The summed E-state index contributed by atoms with van der Waals surface area (Å²) in [6.07, 6.45) is 1.29. The molecule has 0 aromatic rings. The van der Waals surface area contributed by atoms with E-state index in [1.807, 2.05) is 0 Å². The normalized spacial score (nSPS) is 9.88. The molecule has 46 valence electrons. The fourth-order valence-electron chi connectivity index (χ4n) is 0.203. The molecule has 0 bridgehead atoms. The maximum Gasteiger partial charge on any atom is 0.246 e. The van der Waals surface area contributed by atoms with E-state index in [9.17, 15) is 4.79 Å². The van der Waals surface area contributed by atoms with E-state index in [0.717, 1.165) is 0 Å². The van der Waals surface area contributed by atoms with Gasteiger partial charge in [0.2, 0.25) is 5.91 Å². The third kappa shape index (κ3) is 2.64. The number of likely N-dealkylation sites (N-methyl/N-ethyl adjacent to an activating group) is 1. The fraction of sp³-hybridized carbons (Fsp3) is 0.400. The van der Waals surface area contributed by atoms with Crippen LogP contribution in [0.2, 0.25) is 0 Å². The van der Waals surface area contributed by atoms with Gasteiger partial charge in [0.1, 0.15) is 0 Å². The Bertz CT molecular complexity index is 109. The van der Waals surface area contributed by atoms with Crippen molar-refractivity contribution in [2.45, 2.75) is 0 Å². The molecular weight excluding hydrogens is 126 g/mol. The SMILES string of the molecule is CN(C)C(=O)C=CCl. The highest BCUT2D eigenvalue weighted by molar-refractivity contribution is 6.26.